The van der Waals surface area contributed by atoms with Gasteiger partial charge in [0.15, 0.2) is 0 Å². The third-order valence-electron chi connectivity index (χ3n) is 2.94. The minimum Gasteiger partial charge on any atom is -0.392 e. The number of aliphatic hydroxyl groups is 1. The van der Waals surface area contributed by atoms with Crippen LogP contribution in [0.3, 0.4) is 0 Å². The maximum atomic E-state index is 9.65. The molecule has 2 N–H and O–H groups in total. The highest BCUT2D eigenvalue weighted by molar-refractivity contribution is 5.18. The van der Waals surface area contributed by atoms with Crippen molar-refractivity contribution in [2.24, 2.45) is 5.92 Å². The first-order valence-electron chi connectivity index (χ1n) is 6.05. The van der Waals surface area contributed by atoms with Gasteiger partial charge in [-0.25, -0.2) is 0 Å². The lowest BCUT2D eigenvalue weighted by Crippen LogP contribution is -2.32. The minimum atomic E-state index is -0.247. The van der Waals surface area contributed by atoms with E-state index >= 15 is 0 Å². The Morgan fingerprint density at radius 1 is 1.06 bits per heavy atom. The van der Waals surface area contributed by atoms with Crippen LogP contribution in [0.1, 0.15) is 32.3 Å². The van der Waals surface area contributed by atoms with Crippen molar-refractivity contribution in [3.63, 3.8) is 0 Å². The Labute approximate surface area is 98.7 Å². The van der Waals surface area contributed by atoms with E-state index in [4.69, 9.17) is 0 Å². The highest BCUT2D eigenvalue weighted by atomic mass is 16.3. The fraction of sp³-hybridized carbons (Fsp3) is 0.571. The lowest BCUT2D eigenvalue weighted by Gasteiger charge is -2.17. The first kappa shape index (κ1) is 13.2. The maximum absolute atomic E-state index is 9.65. The van der Waals surface area contributed by atoms with Gasteiger partial charge >= 0.3 is 0 Å². The molecule has 2 atom stereocenters. The van der Waals surface area contributed by atoms with Crippen molar-refractivity contribution in [3.05, 3.63) is 35.9 Å². The Bertz CT molecular complexity index is 284. The molecule has 0 aromatic heterocycles. The number of benzene rings is 1. The second-order valence-electron chi connectivity index (χ2n) is 4.78. The van der Waals surface area contributed by atoms with E-state index < -0.39 is 0 Å². The smallest absolute Gasteiger partial charge is 0.0687 e. The van der Waals surface area contributed by atoms with Crippen LogP contribution >= 0.6 is 0 Å². The molecule has 16 heavy (non-hydrogen) atoms. The average Bonchev–Trinajstić information content (AvgIpc) is 2.29. The van der Waals surface area contributed by atoms with Gasteiger partial charge in [0.05, 0.1) is 6.10 Å². The van der Waals surface area contributed by atoms with Gasteiger partial charge in [0.1, 0.15) is 0 Å². The van der Waals surface area contributed by atoms with E-state index in [1.54, 1.807) is 0 Å². The van der Waals surface area contributed by atoms with Gasteiger partial charge in [-0.2, -0.15) is 0 Å². The van der Waals surface area contributed by atoms with E-state index in [1.807, 2.05) is 19.9 Å². The van der Waals surface area contributed by atoms with Gasteiger partial charge in [-0.3, -0.25) is 0 Å². The molecule has 1 aromatic rings. The summed E-state index contributed by atoms with van der Waals surface area (Å²) in [5, 5.41) is 13.0. The molecule has 0 aliphatic carbocycles. The summed E-state index contributed by atoms with van der Waals surface area (Å²) < 4.78 is 0. The van der Waals surface area contributed by atoms with Gasteiger partial charge in [-0.05, 0) is 17.4 Å². The van der Waals surface area contributed by atoms with Gasteiger partial charge in [-0.1, -0.05) is 51.1 Å². The van der Waals surface area contributed by atoms with Crippen molar-refractivity contribution < 1.29 is 5.11 Å². The molecular formula is C14H23NO. The molecule has 0 amide bonds. The summed E-state index contributed by atoms with van der Waals surface area (Å²) in [5.74, 6) is 0.806. The molecule has 0 radical (unpaired) electrons. The van der Waals surface area contributed by atoms with Crippen LogP contribution in [0.25, 0.3) is 0 Å². The van der Waals surface area contributed by atoms with Crippen LogP contribution in [0.5, 0.6) is 0 Å². The summed E-state index contributed by atoms with van der Waals surface area (Å²) in [6.45, 7) is 7.85. The van der Waals surface area contributed by atoms with Crippen molar-refractivity contribution in [1.82, 2.24) is 5.32 Å². The van der Waals surface area contributed by atoms with Crippen LogP contribution < -0.4 is 5.32 Å². The van der Waals surface area contributed by atoms with E-state index in [0.717, 1.165) is 6.54 Å². The van der Waals surface area contributed by atoms with Gasteiger partial charge in [0.25, 0.3) is 0 Å². The quantitative estimate of drug-likeness (QED) is 0.773. The molecule has 0 saturated carbocycles. The summed E-state index contributed by atoms with van der Waals surface area (Å²) in [6, 6.07) is 10.5. The SMILES string of the molecule is CC(CNCC(O)C(C)C)c1ccccc1. The highest BCUT2D eigenvalue weighted by Gasteiger charge is 2.09. The monoisotopic (exact) mass is 221 g/mol. The van der Waals surface area contributed by atoms with E-state index in [9.17, 15) is 5.11 Å². The largest absolute Gasteiger partial charge is 0.392 e. The second kappa shape index (κ2) is 6.66. The van der Waals surface area contributed by atoms with Gasteiger partial charge < -0.3 is 10.4 Å². The number of hydrogen-bond donors (Lipinski definition) is 2. The molecule has 90 valence electrons. The molecule has 1 aromatic carbocycles. The first-order chi connectivity index (χ1) is 7.61. The van der Waals surface area contributed by atoms with Crippen molar-refractivity contribution >= 4 is 0 Å². The van der Waals surface area contributed by atoms with E-state index in [-0.39, 0.29) is 6.10 Å². The van der Waals surface area contributed by atoms with Crippen molar-refractivity contribution in [2.45, 2.75) is 32.8 Å². The van der Waals surface area contributed by atoms with Crippen molar-refractivity contribution in [1.29, 1.82) is 0 Å². The average molecular weight is 221 g/mol. The van der Waals surface area contributed by atoms with Gasteiger partial charge in [-0.15, -0.1) is 0 Å². The Kier molecular flexibility index (Phi) is 5.50. The topological polar surface area (TPSA) is 32.3 Å². The molecular weight excluding hydrogens is 198 g/mol. The van der Waals surface area contributed by atoms with E-state index in [2.05, 4.69) is 36.5 Å². The summed E-state index contributed by atoms with van der Waals surface area (Å²) >= 11 is 0. The first-order valence-corrected chi connectivity index (χ1v) is 6.05. The van der Waals surface area contributed by atoms with Crippen molar-refractivity contribution in [2.75, 3.05) is 13.1 Å². The molecule has 0 saturated heterocycles. The van der Waals surface area contributed by atoms with Crippen LogP contribution in [-0.4, -0.2) is 24.3 Å². The van der Waals surface area contributed by atoms with Crippen LogP contribution in [0.15, 0.2) is 30.3 Å². The zero-order valence-corrected chi connectivity index (χ0v) is 10.5. The van der Waals surface area contributed by atoms with Crippen LogP contribution in [0.4, 0.5) is 0 Å². The fourth-order valence-corrected chi connectivity index (χ4v) is 1.58. The zero-order chi connectivity index (χ0) is 12.0. The molecule has 0 fully saturated rings. The van der Waals surface area contributed by atoms with E-state index in [1.165, 1.54) is 5.56 Å². The molecule has 0 spiro atoms. The third kappa shape index (κ3) is 4.33. The number of hydrogen-bond acceptors (Lipinski definition) is 2. The predicted molar refractivity (Wildman–Crippen MR) is 68.6 cm³/mol. The minimum absolute atomic E-state index is 0.247. The summed E-state index contributed by atoms with van der Waals surface area (Å²) in [7, 11) is 0. The Balaban J connectivity index is 2.28. The lowest BCUT2D eigenvalue weighted by molar-refractivity contribution is 0.123. The third-order valence-corrected chi connectivity index (χ3v) is 2.94. The van der Waals surface area contributed by atoms with Gasteiger partial charge in [0, 0.05) is 13.1 Å². The Morgan fingerprint density at radius 2 is 1.69 bits per heavy atom. The fourth-order valence-electron chi connectivity index (χ4n) is 1.58. The Hall–Kier alpha value is -0.860. The van der Waals surface area contributed by atoms with Crippen LogP contribution in [0.2, 0.25) is 0 Å². The van der Waals surface area contributed by atoms with Gasteiger partial charge in [0.2, 0.25) is 0 Å². The summed E-state index contributed by atoms with van der Waals surface area (Å²) in [6.07, 6.45) is -0.247. The second-order valence-corrected chi connectivity index (χ2v) is 4.78. The number of rotatable bonds is 6. The predicted octanol–water partition coefficient (Wildman–Crippen LogP) is 2.40. The van der Waals surface area contributed by atoms with Crippen LogP contribution in [-0.2, 0) is 0 Å². The zero-order valence-electron chi connectivity index (χ0n) is 10.5. The van der Waals surface area contributed by atoms with E-state index in [0.29, 0.717) is 18.4 Å². The lowest BCUT2D eigenvalue weighted by atomic mass is 10.0. The van der Waals surface area contributed by atoms with Crippen LogP contribution in [0, 0.1) is 5.92 Å². The number of aliphatic hydroxyl groups excluding tert-OH is 1. The summed E-state index contributed by atoms with van der Waals surface area (Å²) in [5.41, 5.74) is 1.34. The summed E-state index contributed by atoms with van der Waals surface area (Å²) in [4.78, 5) is 0. The molecule has 2 unspecified atom stereocenters. The molecule has 0 bridgehead atoms. The molecule has 1 rings (SSSR count). The maximum Gasteiger partial charge on any atom is 0.0687 e. The normalized spacial score (nSPS) is 15.1. The molecule has 0 aliphatic rings. The molecule has 0 aliphatic heterocycles. The van der Waals surface area contributed by atoms with Crippen molar-refractivity contribution in [3.8, 4) is 0 Å². The number of nitrogens with one attached hydrogen (secondary N) is 1. The molecule has 2 heteroatoms. The molecule has 2 nitrogen and oxygen atoms in total. The Morgan fingerprint density at radius 3 is 2.25 bits per heavy atom. The molecule has 0 heterocycles. The standard InChI is InChI=1S/C14H23NO/c1-11(2)14(16)10-15-9-12(3)13-7-5-4-6-8-13/h4-8,11-12,14-16H,9-10H2,1-3H3. The highest BCUT2D eigenvalue weighted by Crippen LogP contribution is 2.13.